The lowest BCUT2D eigenvalue weighted by Crippen LogP contribution is -2.34. The normalized spacial score (nSPS) is 42.8. The van der Waals surface area contributed by atoms with E-state index in [0.29, 0.717) is 13.0 Å². The molecule has 12 heavy (non-hydrogen) atoms. The molecule has 0 amide bonds. The summed E-state index contributed by atoms with van der Waals surface area (Å²) in [4.78, 5) is 0. The molecule has 0 radical (unpaired) electrons. The Morgan fingerprint density at radius 3 is 2.58 bits per heavy atom. The summed E-state index contributed by atoms with van der Waals surface area (Å²) in [5, 5.41) is 0. The molecule has 2 unspecified atom stereocenters. The van der Waals surface area contributed by atoms with Crippen LogP contribution in [-0.2, 0) is 4.74 Å². The molecule has 72 valence electrons. The molecule has 0 spiro atoms. The summed E-state index contributed by atoms with van der Waals surface area (Å²) in [6.45, 7) is 0.383. The molecule has 1 aliphatic heterocycles. The minimum Gasteiger partial charge on any atom is -0.367 e. The van der Waals surface area contributed by atoms with Gasteiger partial charge < -0.3 is 10.5 Å². The first-order chi connectivity index (χ1) is 5.15. The Kier molecular flexibility index (Phi) is 2.36. The summed E-state index contributed by atoms with van der Waals surface area (Å²) in [6.07, 6.45) is 1.30. The lowest BCUT2D eigenvalue weighted by Gasteiger charge is -2.18. The average molecular weight is 200 g/mol. The summed E-state index contributed by atoms with van der Waals surface area (Å²) in [5.41, 5.74) is 3.98. The number of alkyl halides is 2. The summed E-state index contributed by atoms with van der Waals surface area (Å²) in [6, 6.07) is 0. The van der Waals surface area contributed by atoms with Gasteiger partial charge in [0, 0.05) is 13.2 Å². The molecule has 1 heterocycles. The van der Waals surface area contributed by atoms with Gasteiger partial charge in [-0.2, -0.15) is 0 Å². The van der Waals surface area contributed by atoms with E-state index in [2.05, 4.69) is 0 Å². The third-order valence-electron chi connectivity index (χ3n) is 2.78. The van der Waals surface area contributed by atoms with Crippen LogP contribution in [0.5, 0.6) is 0 Å². The summed E-state index contributed by atoms with van der Waals surface area (Å²) in [5.74, 6) is -3.26. The molecule has 1 saturated carbocycles. The molecule has 2 rings (SSSR count). The molecule has 2 atom stereocenters. The van der Waals surface area contributed by atoms with Crippen molar-refractivity contribution in [2.45, 2.75) is 24.4 Å². The SMILES string of the molecule is Cl.NCC12OCCCC1C2(F)F. The maximum Gasteiger partial charge on any atom is 0.283 e. The Bertz CT molecular complexity index is 190. The molecule has 2 N–H and O–H groups in total. The van der Waals surface area contributed by atoms with E-state index in [9.17, 15) is 8.78 Å². The van der Waals surface area contributed by atoms with Gasteiger partial charge in [-0.1, -0.05) is 0 Å². The molecule has 0 aromatic heterocycles. The third-order valence-corrected chi connectivity index (χ3v) is 2.78. The van der Waals surface area contributed by atoms with E-state index in [1.165, 1.54) is 0 Å². The molecular formula is C7H12ClF2NO. The van der Waals surface area contributed by atoms with Crippen molar-refractivity contribution in [1.29, 1.82) is 0 Å². The quantitative estimate of drug-likeness (QED) is 0.689. The Balaban J connectivity index is 0.000000720. The number of hydrogen-bond acceptors (Lipinski definition) is 2. The second kappa shape index (κ2) is 2.79. The van der Waals surface area contributed by atoms with Gasteiger partial charge in [0.2, 0.25) is 0 Å². The van der Waals surface area contributed by atoms with Gasteiger partial charge in [-0.15, -0.1) is 12.4 Å². The number of ether oxygens (including phenoxy) is 1. The van der Waals surface area contributed by atoms with Gasteiger partial charge in [-0.25, -0.2) is 8.78 Å². The van der Waals surface area contributed by atoms with E-state index in [4.69, 9.17) is 10.5 Å². The van der Waals surface area contributed by atoms with Crippen LogP contribution >= 0.6 is 12.4 Å². The highest BCUT2D eigenvalue weighted by Gasteiger charge is 2.81. The minimum atomic E-state index is -2.65. The zero-order valence-corrected chi connectivity index (χ0v) is 7.37. The summed E-state index contributed by atoms with van der Waals surface area (Å²) in [7, 11) is 0. The molecular weight excluding hydrogens is 188 g/mol. The van der Waals surface area contributed by atoms with Crippen LogP contribution in [0.4, 0.5) is 8.78 Å². The molecule has 5 heteroatoms. The Hall–Kier alpha value is 0.0700. The van der Waals surface area contributed by atoms with E-state index in [0.717, 1.165) is 6.42 Å². The molecule has 2 nitrogen and oxygen atoms in total. The average Bonchev–Trinajstić information content (AvgIpc) is 2.52. The van der Waals surface area contributed by atoms with Crippen molar-refractivity contribution in [3.05, 3.63) is 0 Å². The van der Waals surface area contributed by atoms with Crippen LogP contribution in [-0.4, -0.2) is 24.7 Å². The summed E-state index contributed by atoms with van der Waals surface area (Å²) >= 11 is 0. The predicted molar refractivity (Wildman–Crippen MR) is 42.7 cm³/mol. The standard InChI is InChI=1S/C7H11F2NO.ClH/c8-7(9)5-2-1-3-11-6(5,7)4-10;/h5H,1-4,10H2;1H. The monoisotopic (exact) mass is 199 g/mol. The first kappa shape index (κ1) is 10.2. The van der Waals surface area contributed by atoms with E-state index >= 15 is 0 Å². The van der Waals surface area contributed by atoms with Crippen molar-refractivity contribution in [3.63, 3.8) is 0 Å². The zero-order chi connectivity index (χ0) is 8.11. The highest BCUT2D eigenvalue weighted by Crippen LogP contribution is 2.64. The van der Waals surface area contributed by atoms with Crippen molar-refractivity contribution in [1.82, 2.24) is 0 Å². The highest BCUT2D eigenvalue weighted by molar-refractivity contribution is 5.85. The first-order valence-electron chi connectivity index (χ1n) is 3.87. The van der Waals surface area contributed by atoms with Gasteiger partial charge in [0.1, 0.15) is 0 Å². The largest absolute Gasteiger partial charge is 0.367 e. The van der Waals surface area contributed by atoms with Gasteiger partial charge in [0.05, 0.1) is 5.92 Å². The van der Waals surface area contributed by atoms with Crippen molar-refractivity contribution in [3.8, 4) is 0 Å². The molecule has 2 fully saturated rings. The van der Waals surface area contributed by atoms with Crippen molar-refractivity contribution < 1.29 is 13.5 Å². The van der Waals surface area contributed by atoms with Crippen LogP contribution in [0.3, 0.4) is 0 Å². The van der Waals surface area contributed by atoms with Crippen LogP contribution in [0.15, 0.2) is 0 Å². The molecule has 1 saturated heterocycles. The minimum absolute atomic E-state index is 0. The zero-order valence-electron chi connectivity index (χ0n) is 6.56. The predicted octanol–water partition coefficient (Wildman–Crippen LogP) is 1.18. The van der Waals surface area contributed by atoms with Crippen molar-refractivity contribution >= 4 is 12.4 Å². The van der Waals surface area contributed by atoms with Gasteiger partial charge >= 0.3 is 0 Å². The van der Waals surface area contributed by atoms with E-state index in [1.54, 1.807) is 0 Å². The lowest BCUT2D eigenvalue weighted by atomic mass is 10.1. The Morgan fingerprint density at radius 2 is 2.17 bits per heavy atom. The lowest BCUT2D eigenvalue weighted by molar-refractivity contribution is -0.0542. The van der Waals surface area contributed by atoms with Crippen LogP contribution in [0, 0.1) is 5.92 Å². The molecule has 1 aliphatic carbocycles. The smallest absolute Gasteiger partial charge is 0.283 e. The van der Waals surface area contributed by atoms with E-state index in [-0.39, 0.29) is 19.0 Å². The van der Waals surface area contributed by atoms with Crippen LogP contribution < -0.4 is 5.73 Å². The van der Waals surface area contributed by atoms with Gasteiger partial charge in [-0.3, -0.25) is 0 Å². The number of hydrogen-bond donors (Lipinski definition) is 1. The van der Waals surface area contributed by atoms with Crippen LogP contribution in [0.1, 0.15) is 12.8 Å². The van der Waals surface area contributed by atoms with Crippen molar-refractivity contribution in [2.75, 3.05) is 13.2 Å². The Labute approximate surface area is 75.9 Å². The van der Waals surface area contributed by atoms with E-state index < -0.39 is 17.4 Å². The second-order valence-electron chi connectivity index (χ2n) is 3.26. The topological polar surface area (TPSA) is 35.2 Å². The number of halogens is 3. The number of fused-ring (bicyclic) bond motifs is 1. The fourth-order valence-corrected chi connectivity index (χ4v) is 2.00. The number of nitrogens with two attached hydrogens (primary N) is 1. The van der Waals surface area contributed by atoms with E-state index in [1.807, 2.05) is 0 Å². The molecule has 0 aromatic carbocycles. The fourth-order valence-electron chi connectivity index (χ4n) is 2.00. The molecule has 2 aliphatic rings. The summed E-state index contributed by atoms with van der Waals surface area (Å²) < 4.78 is 30.9. The molecule has 0 aromatic rings. The number of rotatable bonds is 1. The second-order valence-corrected chi connectivity index (χ2v) is 3.26. The highest BCUT2D eigenvalue weighted by atomic mass is 35.5. The van der Waals surface area contributed by atoms with Gasteiger partial charge in [0.25, 0.3) is 5.92 Å². The molecule has 0 bridgehead atoms. The van der Waals surface area contributed by atoms with Crippen molar-refractivity contribution in [2.24, 2.45) is 11.7 Å². The van der Waals surface area contributed by atoms with Gasteiger partial charge in [0.15, 0.2) is 5.60 Å². The van der Waals surface area contributed by atoms with Crippen LogP contribution in [0.25, 0.3) is 0 Å². The van der Waals surface area contributed by atoms with Crippen LogP contribution in [0.2, 0.25) is 0 Å². The maximum absolute atomic E-state index is 13.0. The third kappa shape index (κ3) is 0.916. The first-order valence-corrected chi connectivity index (χ1v) is 3.87. The Morgan fingerprint density at radius 1 is 1.50 bits per heavy atom. The maximum atomic E-state index is 13.0. The fraction of sp³-hybridized carbons (Fsp3) is 1.00. The van der Waals surface area contributed by atoms with Gasteiger partial charge in [-0.05, 0) is 12.8 Å².